The Bertz CT molecular complexity index is 1470. The number of hydrogen-bond donors (Lipinski definition) is 1. The fourth-order valence-electron chi connectivity index (χ4n) is 4.00. The van der Waals surface area contributed by atoms with E-state index >= 15 is 0 Å². The maximum absolute atomic E-state index is 10.3. The van der Waals surface area contributed by atoms with E-state index in [9.17, 15) is 5.11 Å². The molecular formula is C33H32BN3O2. The Morgan fingerprint density at radius 3 is 1.62 bits per heavy atom. The highest BCUT2D eigenvalue weighted by Gasteiger charge is 2.35. The summed E-state index contributed by atoms with van der Waals surface area (Å²) in [4.78, 5) is 14.5. The molecule has 0 aliphatic carbocycles. The first-order chi connectivity index (χ1) is 18.7. The van der Waals surface area contributed by atoms with Gasteiger partial charge in [-0.25, -0.2) is 9.97 Å². The van der Waals surface area contributed by atoms with Crippen molar-refractivity contribution in [3.8, 4) is 45.2 Å². The molecule has 0 amide bonds. The van der Waals surface area contributed by atoms with Crippen molar-refractivity contribution in [1.29, 1.82) is 0 Å². The lowest BCUT2D eigenvalue weighted by atomic mass is 9.82. The van der Waals surface area contributed by atoms with Crippen molar-refractivity contribution in [1.82, 2.24) is 15.0 Å². The monoisotopic (exact) mass is 513 g/mol. The summed E-state index contributed by atoms with van der Waals surface area (Å²) in [6.07, 6.45) is 1.83. The molecule has 0 unspecified atom stereocenters. The fourth-order valence-corrected chi connectivity index (χ4v) is 4.00. The van der Waals surface area contributed by atoms with E-state index in [2.05, 4.69) is 24.3 Å². The lowest BCUT2D eigenvalue weighted by molar-refractivity contribution is -0.0893. The predicted molar refractivity (Wildman–Crippen MR) is 160 cm³/mol. The molecule has 0 saturated carbocycles. The van der Waals surface area contributed by atoms with E-state index in [1.54, 1.807) is 13.8 Å². The summed E-state index contributed by atoms with van der Waals surface area (Å²) < 4.78 is 5.99. The first kappa shape index (κ1) is 26.5. The van der Waals surface area contributed by atoms with Crippen molar-refractivity contribution in [2.45, 2.75) is 38.9 Å². The van der Waals surface area contributed by atoms with E-state index in [-0.39, 0.29) is 0 Å². The molecule has 1 N–H and O–H groups in total. The molecule has 0 aliphatic rings. The van der Waals surface area contributed by atoms with E-state index in [4.69, 9.17) is 19.6 Å². The Hall–Kier alpha value is -4.13. The Kier molecular flexibility index (Phi) is 7.42. The minimum absolute atomic E-state index is 0.419. The number of hydrogen-bond acceptors (Lipinski definition) is 5. The molecule has 2 aromatic heterocycles. The molecule has 2 heterocycles. The van der Waals surface area contributed by atoms with Crippen LogP contribution in [0.5, 0.6) is 0 Å². The van der Waals surface area contributed by atoms with Gasteiger partial charge in [0.1, 0.15) is 0 Å². The van der Waals surface area contributed by atoms with Crippen LogP contribution in [0.3, 0.4) is 0 Å². The molecule has 6 heteroatoms. The van der Waals surface area contributed by atoms with Crippen LogP contribution in [0.2, 0.25) is 0 Å². The summed E-state index contributed by atoms with van der Waals surface area (Å²) in [5.74, 6) is 0.635. The predicted octanol–water partition coefficient (Wildman–Crippen LogP) is 6.08. The van der Waals surface area contributed by atoms with Crippen LogP contribution in [0.4, 0.5) is 0 Å². The lowest BCUT2D eigenvalue weighted by Gasteiger charge is -2.37. The summed E-state index contributed by atoms with van der Waals surface area (Å²) >= 11 is 0. The molecule has 39 heavy (non-hydrogen) atoms. The third-order valence-electron chi connectivity index (χ3n) is 7.21. The number of aliphatic hydroxyl groups is 1. The lowest BCUT2D eigenvalue weighted by Crippen LogP contribution is -2.49. The normalized spacial score (nSPS) is 11.8. The number of nitrogens with zero attached hydrogens (tertiary/aromatic N) is 3. The van der Waals surface area contributed by atoms with Crippen molar-refractivity contribution in [2.75, 3.05) is 0 Å². The second kappa shape index (κ2) is 10.9. The largest absolute Gasteiger partial charge is 0.427 e. The highest BCUT2D eigenvalue weighted by Crippen LogP contribution is 2.28. The molecule has 3 aromatic carbocycles. The smallest absolute Gasteiger partial charge is 0.309 e. The van der Waals surface area contributed by atoms with E-state index in [0.717, 1.165) is 44.8 Å². The molecule has 0 aliphatic heterocycles. The second-order valence-corrected chi connectivity index (χ2v) is 10.7. The van der Waals surface area contributed by atoms with Gasteiger partial charge in [0, 0.05) is 28.5 Å². The molecule has 0 bridgehead atoms. The van der Waals surface area contributed by atoms with E-state index < -0.39 is 11.2 Å². The van der Waals surface area contributed by atoms with Crippen molar-refractivity contribution < 1.29 is 9.76 Å². The van der Waals surface area contributed by atoms with Crippen molar-refractivity contribution in [3.05, 3.63) is 109 Å². The summed E-state index contributed by atoms with van der Waals surface area (Å²) in [5.41, 5.74) is 5.98. The number of benzene rings is 3. The van der Waals surface area contributed by atoms with Gasteiger partial charge in [-0.05, 0) is 45.9 Å². The molecule has 0 fully saturated rings. The molecular weight excluding hydrogens is 481 g/mol. The molecule has 0 radical (unpaired) electrons. The van der Waals surface area contributed by atoms with Gasteiger partial charge >= 0.3 is 7.48 Å². The van der Waals surface area contributed by atoms with Crippen molar-refractivity contribution >= 4 is 12.9 Å². The van der Waals surface area contributed by atoms with Gasteiger partial charge in [-0.3, -0.25) is 4.98 Å². The summed E-state index contributed by atoms with van der Waals surface area (Å²) in [6.45, 7) is 7.32. The van der Waals surface area contributed by atoms with Crippen molar-refractivity contribution in [3.63, 3.8) is 0 Å². The molecule has 5 nitrogen and oxygen atoms in total. The molecule has 5 aromatic rings. The molecule has 0 spiro atoms. The molecule has 0 atom stereocenters. The molecule has 5 rings (SSSR count). The molecule has 0 saturated heterocycles. The highest BCUT2D eigenvalue weighted by atomic mass is 16.5. The second-order valence-electron chi connectivity index (χ2n) is 10.7. The Morgan fingerprint density at radius 2 is 1.13 bits per heavy atom. The standard InChI is InChI=1S/C33H32BN3O2/c1-32(2,38)33(3,4)39-34-27-18-15-25(16-19-27)28-20-17-26(22-35-28)31-36-29(23-11-7-5-8-12-23)21-30(37-31)24-13-9-6-10-14-24/h5-22,34,38H,1-4H3. The van der Waals surface area contributed by atoms with Gasteiger partial charge in [0.25, 0.3) is 0 Å². The average Bonchev–Trinajstić information content (AvgIpc) is 2.97. The third kappa shape index (κ3) is 6.14. The van der Waals surface area contributed by atoms with Crippen LogP contribution in [0, 0.1) is 0 Å². The van der Waals surface area contributed by atoms with Crippen LogP contribution in [0.25, 0.3) is 45.2 Å². The zero-order valence-corrected chi connectivity index (χ0v) is 22.8. The average molecular weight is 513 g/mol. The van der Waals surface area contributed by atoms with Gasteiger partial charge in [-0.15, -0.1) is 0 Å². The van der Waals surface area contributed by atoms with Gasteiger partial charge in [0.2, 0.25) is 0 Å². The SMILES string of the molecule is CC(C)(O)C(C)(C)OBc1ccc(-c2ccc(-c3nc(-c4ccccc4)cc(-c4ccccc4)n3)cn2)cc1. The zero-order valence-electron chi connectivity index (χ0n) is 22.8. The third-order valence-corrected chi connectivity index (χ3v) is 7.21. The van der Waals surface area contributed by atoms with Gasteiger partial charge in [0.05, 0.1) is 28.3 Å². The molecule has 194 valence electrons. The quantitative estimate of drug-likeness (QED) is 0.255. The number of rotatable bonds is 8. The van der Waals surface area contributed by atoms with Crippen LogP contribution < -0.4 is 5.46 Å². The Balaban J connectivity index is 1.39. The first-order valence-corrected chi connectivity index (χ1v) is 13.1. The van der Waals surface area contributed by atoms with Crippen LogP contribution in [-0.2, 0) is 4.65 Å². The highest BCUT2D eigenvalue weighted by molar-refractivity contribution is 6.47. The van der Waals surface area contributed by atoms with Gasteiger partial charge in [-0.1, -0.05) is 90.4 Å². The summed E-state index contributed by atoms with van der Waals surface area (Å²) in [5, 5.41) is 10.3. The van der Waals surface area contributed by atoms with Crippen molar-refractivity contribution in [2.24, 2.45) is 0 Å². The number of pyridine rings is 1. The Labute approximate surface area is 230 Å². The van der Waals surface area contributed by atoms with Crippen LogP contribution in [0.1, 0.15) is 27.7 Å². The van der Waals surface area contributed by atoms with Gasteiger partial charge in [-0.2, -0.15) is 0 Å². The van der Waals surface area contributed by atoms with E-state index in [0.29, 0.717) is 13.3 Å². The van der Waals surface area contributed by atoms with E-state index in [1.165, 1.54) is 0 Å². The van der Waals surface area contributed by atoms with Crippen LogP contribution >= 0.6 is 0 Å². The topological polar surface area (TPSA) is 68.1 Å². The zero-order chi connectivity index (χ0) is 27.5. The minimum atomic E-state index is -0.940. The Morgan fingerprint density at radius 1 is 0.615 bits per heavy atom. The maximum Gasteiger partial charge on any atom is 0.309 e. The van der Waals surface area contributed by atoms with Gasteiger partial charge in [0.15, 0.2) is 5.82 Å². The minimum Gasteiger partial charge on any atom is -0.427 e. The fraction of sp³-hybridized carbons (Fsp3) is 0.182. The van der Waals surface area contributed by atoms with Crippen LogP contribution in [-0.4, -0.2) is 38.7 Å². The first-order valence-electron chi connectivity index (χ1n) is 13.1. The van der Waals surface area contributed by atoms with Crippen LogP contribution in [0.15, 0.2) is 109 Å². The van der Waals surface area contributed by atoms with Gasteiger partial charge < -0.3 is 9.76 Å². The maximum atomic E-state index is 10.3. The summed E-state index contributed by atoms with van der Waals surface area (Å²) in [6, 6.07) is 34.5. The summed E-state index contributed by atoms with van der Waals surface area (Å²) in [7, 11) is 0.419. The number of aromatic nitrogens is 3. The van der Waals surface area contributed by atoms with E-state index in [1.807, 2.05) is 98.9 Å².